The Morgan fingerprint density at radius 3 is 1.90 bits per heavy atom. The molecule has 304 valence electrons. The number of halogens is 3. The first-order chi connectivity index (χ1) is 28.7. The summed E-state index contributed by atoms with van der Waals surface area (Å²) in [5.41, 5.74) is 11.1. The van der Waals surface area contributed by atoms with Crippen LogP contribution in [0.3, 0.4) is 0 Å². The number of alkyl halides is 1. The molecule has 3 aromatic heterocycles. The predicted octanol–water partition coefficient (Wildman–Crippen LogP) is 7.46. The van der Waals surface area contributed by atoms with Crippen LogP contribution in [0.5, 0.6) is 0 Å². The van der Waals surface area contributed by atoms with Gasteiger partial charge in [-0.25, -0.2) is 19.9 Å². The Balaban J connectivity index is 0.000000150. The molecule has 1 saturated carbocycles. The average molecular weight is 899 g/mol. The Hall–Kier alpha value is -4.40. The summed E-state index contributed by atoms with van der Waals surface area (Å²) < 4.78 is 10.8. The summed E-state index contributed by atoms with van der Waals surface area (Å²) in [5, 5.41) is 4.65. The van der Waals surface area contributed by atoms with Crippen molar-refractivity contribution in [3.05, 3.63) is 92.5 Å². The highest BCUT2D eigenvalue weighted by Crippen LogP contribution is 2.43. The molecule has 2 saturated heterocycles. The lowest BCUT2D eigenvalue weighted by Crippen LogP contribution is -2.57. The normalized spacial score (nSPS) is 20.4. The number of amides is 1. The zero-order chi connectivity index (χ0) is 40.3. The van der Waals surface area contributed by atoms with Gasteiger partial charge in [-0.05, 0) is 98.0 Å². The van der Waals surface area contributed by atoms with E-state index in [0.717, 1.165) is 133 Å². The van der Waals surface area contributed by atoms with Gasteiger partial charge in [-0.15, -0.1) is 0 Å². The van der Waals surface area contributed by atoms with E-state index in [-0.39, 0.29) is 22.1 Å². The van der Waals surface area contributed by atoms with Crippen LogP contribution in [0, 0.1) is 0 Å². The topological polar surface area (TPSA) is 138 Å². The number of H-pyrrole nitrogens is 1. The molecule has 0 bridgehead atoms. The van der Waals surface area contributed by atoms with E-state index in [4.69, 9.17) is 37.7 Å². The van der Waals surface area contributed by atoms with E-state index in [1.165, 1.54) is 6.42 Å². The van der Waals surface area contributed by atoms with E-state index in [1.54, 1.807) is 6.20 Å². The van der Waals surface area contributed by atoms with Gasteiger partial charge in [0.25, 0.3) is 5.91 Å². The van der Waals surface area contributed by atoms with Crippen LogP contribution < -0.4 is 15.1 Å². The van der Waals surface area contributed by atoms with Gasteiger partial charge in [0.05, 0.1) is 69.6 Å². The van der Waals surface area contributed by atoms with Crippen LogP contribution >= 0.6 is 39.1 Å². The number of carbonyl (C=O) groups excluding carboxylic acids is 2. The molecule has 11 rings (SSSR count). The van der Waals surface area contributed by atoms with Gasteiger partial charge in [0, 0.05) is 67.4 Å². The number of fused-ring (bicyclic) bond motifs is 6. The second kappa shape index (κ2) is 15.9. The molecule has 6 heterocycles. The fourth-order valence-electron chi connectivity index (χ4n) is 9.17. The fourth-order valence-corrected chi connectivity index (χ4v) is 10.2. The summed E-state index contributed by atoms with van der Waals surface area (Å²) >= 11 is 16.6. The third-order valence-electron chi connectivity index (χ3n) is 12.5. The number of anilines is 2. The maximum atomic E-state index is 13.0. The summed E-state index contributed by atoms with van der Waals surface area (Å²) in [4.78, 5) is 51.9. The first-order valence-corrected chi connectivity index (χ1v) is 22.1. The zero-order valence-electron chi connectivity index (χ0n) is 32.5. The molecule has 5 aromatic rings. The van der Waals surface area contributed by atoms with Gasteiger partial charge in [-0.2, -0.15) is 0 Å². The van der Waals surface area contributed by atoms with Crippen molar-refractivity contribution in [3.8, 4) is 34.2 Å². The van der Waals surface area contributed by atoms with Gasteiger partial charge in [-0.1, -0.05) is 39.1 Å². The number of ketones is 1. The van der Waals surface area contributed by atoms with Crippen molar-refractivity contribution in [2.24, 2.45) is 0 Å². The molecule has 1 spiro atoms. The molecular weight excluding hydrogens is 855 g/mol. The van der Waals surface area contributed by atoms with Gasteiger partial charge in [0.15, 0.2) is 17.4 Å². The zero-order valence-corrected chi connectivity index (χ0v) is 35.6. The molecule has 1 atom stereocenters. The largest absolute Gasteiger partial charge is 0.378 e. The van der Waals surface area contributed by atoms with E-state index in [2.05, 4.69) is 51.0 Å². The highest BCUT2D eigenvalue weighted by molar-refractivity contribution is 9.10. The number of hydrogen-bond acceptors (Lipinski definition) is 10. The molecule has 1 unspecified atom stereocenters. The molecule has 3 fully saturated rings. The Bertz CT molecular complexity index is 2480. The predicted molar refractivity (Wildman–Crippen MR) is 231 cm³/mol. The molecule has 3 aliphatic heterocycles. The second-order valence-electron chi connectivity index (χ2n) is 16.1. The Labute approximate surface area is 360 Å². The van der Waals surface area contributed by atoms with E-state index in [9.17, 15) is 9.59 Å². The first kappa shape index (κ1) is 38.8. The van der Waals surface area contributed by atoms with Crippen LogP contribution in [-0.2, 0) is 35.2 Å². The van der Waals surface area contributed by atoms with Crippen LogP contribution in [0.15, 0.2) is 48.8 Å². The van der Waals surface area contributed by atoms with Crippen LogP contribution in [-0.4, -0.2) is 99.6 Å². The summed E-state index contributed by atoms with van der Waals surface area (Å²) in [6.07, 6.45) is 11.1. The SMILES string of the molecule is O=C1NC2(CCC2)Cc2[nH]c3c(c21)CCc1cnc(-c2ccc(N4CCOCC4)c(Cl)c2)nc1-3.O=C1c2nc(-c3ccc(N4CCOCC4)c(Cl)c3)ncc2CCC1Br. The van der Waals surface area contributed by atoms with E-state index < -0.39 is 0 Å². The monoisotopic (exact) mass is 896 g/mol. The maximum Gasteiger partial charge on any atom is 0.253 e. The van der Waals surface area contributed by atoms with E-state index in [1.807, 2.05) is 42.6 Å². The maximum absolute atomic E-state index is 13.0. The lowest BCUT2D eigenvalue weighted by molar-refractivity contribution is 0.0793. The standard InChI is InChI=1S/C26H26ClN5O2.C18H17BrClN3O2/c27-18-12-15(3-5-20(18)32-8-10-34-11-9-32)24-28-14-16-2-4-17-21-19(29-23(17)22(16)30-24)13-26(6-1-7-26)31-25(21)33;19-13-3-1-12-10-21-18(22-16(12)17(13)24)11-2-4-15(14(20)9-11)23-5-7-25-8-6-23/h3,5,12,14,29H,1-2,4,6-11,13H2,(H,31,33);2,4,9-10,13H,1,3,5-8H2. The van der Waals surface area contributed by atoms with Crippen molar-refractivity contribution < 1.29 is 19.1 Å². The number of hydrogen-bond donors (Lipinski definition) is 2. The van der Waals surface area contributed by atoms with E-state index >= 15 is 0 Å². The number of aromatic amines is 1. The number of benzene rings is 2. The van der Waals surface area contributed by atoms with Crippen molar-refractivity contribution in [2.45, 2.75) is 61.7 Å². The van der Waals surface area contributed by atoms with Crippen molar-refractivity contribution >= 4 is 62.2 Å². The molecule has 2 N–H and O–H groups in total. The lowest BCUT2D eigenvalue weighted by Gasteiger charge is -2.45. The highest BCUT2D eigenvalue weighted by Gasteiger charge is 2.45. The molecule has 2 aromatic carbocycles. The van der Waals surface area contributed by atoms with Crippen molar-refractivity contribution in [1.29, 1.82) is 0 Å². The highest BCUT2D eigenvalue weighted by atomic mass is 79.9. The molecule has 15 heteroatoms. The molecule has 12 nitrogen and oxygen atoms in total. The molecular formula is C44H43BrCl2N8O4. The van der Waals surface area contributed by atoms with E-state index in [0.29, 0.717) is 53.8 Å². The molecule has 59 heavy (non-hydrogen) atoms. The number of ether oxygens (including phenoxy) is 2. The van der Waals surface area contributed by atoms with Crippen molar-refractivity contribution in [1.82, 2.24) is 30.2 Å². The average Bonchev–Trinajstić information content (AvgIpc) is 3.64. The molecule has 3 aliphatic carbocycles. The summed E-state index contributed by atoms with van der Waals surface area (Å²) in [5.74, 6) is 1.28. The number of Topliss-reactive ketones (excluding diaryl/α,β-unsaturated/α-hetero) is 1. The quantitative estimate of drug-likeness (QED) is 0.175. The number of rotatable bonds is 4. The van der Waals surface area contributed by atoms with Crippen molar-refractivity contribution in [3.63, 3.8) is 0 Å². The van der Waals surface area contributed by atoms with Crippen LogP contribution in [0.1, 0.15) is 68.9 Å². The first-order valence-electron chi connectivity index (χ1n) is 20.5. The van der Waals surface area contributed by atoms with Gasteiger partial charge in [0.1, 0.15) is 5.69 Å². The third kappa shape index (κ3) is 7.32. The van der Waals surface area contributed by atoms with Crippen LogP contribution in [0.4, 0.5) is 11.4 Å². The Kier molecular flexibility index (Phi) is 10.4. The molecule has 1 amide bonds. The molecule has 6 aliphatic rings. The van der Waals surface area contributed by atoms with Gasteiger partial charge in [-0.3, -0.25) is 9.59 Å². The van der Waals surface area contributed by atoms with Gasteiger partial charge in [0.2, 0.25) is 0 Å². The van der Waals surface area contributed by atoms with Crippen molar-refractivity contribution in [2.75, 3.05) is 62.4 Å². The Morgan fingerprint density at radius 2 is 1.34 bits per heavy atom. The number of aromatic nitrogens is 5. The minimum atomic E-state index is -0.157. The van der Waals surface area contributed by atoms with Gasteiger partial charge < -0.3 is 29.6 Å². The molecule has 0 radical (unpaired) electrons. The minimum absolute atomic E-state index is 0.0286. The second-order valence-corrected chi connectivity index (χ2v) is 18.1. The summed E-state index contributed by atoms with van der Waals surface area (Å²) in [6.45, 7) is 6.18. The number of morpholine rings is 2. The number of nitrogens with one attached hydrogen (secondary N) is 2. The number of nitrogens with zero attached hydrogens (tertiary/aromatic N) is 6. The smallest absolute Gasteiger partial charge is 0.253 e. The summed E-state index contributed by atoms with van der Waals surface area (Å²) in [7, 11) is 0. The number of carbonyl (C=O) groups is 2. The Morgan fingerprint density at radius 1 is 0.763 bits per heavy atom. The van der Waals surface area contributed by atoms with Gasteiger partial charge >= 0.3 is 0 Å². The number of aryl methyl sites for hydroxylation is 2. The van der Waals surface area contributed by atoms with Crippen LogP contribution in [0.25, 0.3) is 34.2 Å². The third-order valence-corrected chi connectivity index (χ3v) is 14.0. The summed E-state index contributed by atoms with van der Waals surface area (Å²) in [6, 6.07) is 11.8. The minimum Gasteiger partial charge on any atom is -0.378 e. The lowest BCUT2D eigenvalue weighted by atomic mass is 9.71. The fraction of sp³-hybridized carbons (Fsp3) is 0.409. The van der Waals surface area contributed by atoms with Crippen LogP contribution in [0.2, 0.25) is 10.0 Å².